The summed E-state index contributed by atoms with van der Waals surface area (Å²) in [5.41, 5.74) is 5.34. The number of hydrogen-bond acceptors (Lipinski definition) is 3. The topological polar surface area (TPSA) is 18.5 Å². The molecule has 3 aliphatic rings. The second-order valence-corrected chi connectivity index (χ2v) is 8.56. The Hall–Kier alpha value is -2.23. The highest BCUT2D eigenvalue weighted by molar-refractivity contribution is 6.32. The molecule has 141 valence electrons. The minimum Gasteiger partial charge on any atom is -0.360 e. The zero-order valence-electron chi connectivity index (χ0n) is 15.7. The van der Waals surface area contributed by atoms with E-state index in [0.29, 0.717) is 12.1 Å². The van der Waals surface area contributed by atoms with Gasteiger partial charge in [0, 0.05) is 30.2 Å². The summed E-state index contributed by atoms with van der Waals surface area (Å²) in [5.74, 6) is 0. The van der Waals surface area contributed by atoms with Crippen molar-refractivity contribution in [3.05, 3.63) is 77.4 Å². The van der Waals surface area contributed by atoms with E-state index in [-0.39, 0.29) is 0 Å². The third-order valence-electron chi connectivity index (χ3n) is 6.76. The first kappa shape index (κ1) is 16.7. The lowest BCUT2D eigenvalue weighted by molar-refractivity contribution is 0.155. The van der Waals surface area contributed by atoms with Crippen LogP contribution in [-0.4, -0.2) is 24.0 Å². The lowest BCUT2D eigenvalue weighted by Gasteiger charge is -2.40. The number of halogens is 1. The molecule has 3 nitrogen and oxygen atoms in total. The van der Waals surface area contributed by atoms with Crippen LogP contribution in [0.1, 0.15) is 30.0 Å². The molecular formula is C24H23ClN3. The fourth-order valence-corrected chi connectivity index (χ4v) is 5.61. The van der Waals surface area contributed by atoms with Crippen LogP contribution in [0.15, 0.2) is 54.6 Å². The maximum Gasteiger partial charge on any atom is 0.139 e. The average Bonchev–Trinajstić information content (AvgIpc) is 3.34. The Kier molecular flexibility index (Phi) is 3.82. The van der Waals surface area contributed by atoms with Gasteiger partial charge in [0.1, 0.15) is 6.67 Å². The predicted molar refractivity (Wildman–Crippen MR) is 117 cm³/mol. The van der Waals surface area contributed by atoms with Crippen LogP contribution in [0.5, 0.6) is 0 Å². The molecule has 0 aromatic heterocycles. The minimum atomic E-state index is 0.465. The smallest absolute Gasteiger partial charge is 0.139 e. The Balaban J connectivity index is 1.22. The van der Waals surface area contributed by atoms with Crippen molar-refractivity contribution in [1.29, 1.82) is 0 Å². The van der Waals surface area contributed by atoms with Crippen molar-refractivity contribution in [2.24, 2.45) is 0 Å². The largest absolute Gasteiger partial charge is 0.360 e. The van der Waals surface area contributed by atoms with Crippen LogP contribution in [0.2, 0.25) is 5.02 Å². The molecule has 1 aliphatic carbocycles. The van der Waals surface area contributed by atoms with Gasteiger partial charge in [0.2, 0.25) is 0 Å². The number of rotatable bonds is 2. The molecule has 1 unspecified atom stereocenters. The molecule has 28 heavy (non-hydrogen) atoms. The van der Waals surface area contributed by atoms with E-state index in [1.54, 1.807) is 0 Å². The van der Waals surface area contributed by atoms with E-state index in [4.69, 9.17) is 11.6 Å². The van der Waals surface area contributed by atoms with Crippen molar-refractivity contribution in [1.82, 2.24) is 4.90 Å². The minimum absolute atomic E-state index is 0.465. The van der Waals surface area contributed by atoms with Gasteiger partial charge in [-0.2, -0.15) is 0 Å². The maximum absolute atomic E-state index is 6.56. The molecule has 1 saturated heterocycles. The first-order chi connectivity index (χ1) is 13.8. The van der Waals surface area contributed by atoms with Crippen molar-refractivity contribution >= 4 is 33.7 Å². The molecule has 1 fully saturated rings. The van der Waals surface area contributed by atoms with Crippen molar-refractivity contribution in [3.63, 3.8) is 0 Å². The van der Waals surface area contributed by atoms with Crippen LogP contribution >= 0.6 is 11.6 Å². The molecule has 3 aromatic carbocycles. The summed E-state index contributed by atoms with van der Waals surface area (Å²) < 4.78 is 0. The molecule has 0 amide bonds. The van der Waals surface area contributed by atoms with E-state index in [1.165, 1.54) is 46.1 Å². The van der Waals surface area contributed by atoms with E-state index < -0.39 is 0 Å². The number of anilines is 2. The Morgan fingerprint density at radius 2 is 1.79 bits per heavy atom. The van der Waals surface area contributed by atoms with Crippen molar-refractivity contribution < 1.29 is 0 Å². The number of benzene rings is 3. The number of likely N-dealkylation sites (tertiary alicyclic amines) is 1. The van der Waals surface area contributed by atoms with Crippen LogP contribution < -0.4 is 10.2 Å². The number of nitrogens with one attached hydrogen (secondary N) is 1. The molecule has 1 atom stereocenters. The summed E-state index contributed by atoms with van der Waals surface area (Å²) in [6, 6.07) is 20.6. The molecule has 3 aromatic rings. The molecule has 0 bridgehead atoms. The van der Waals surface area contributed by atoms with Crippen molar-refractivity contribution in [2.45, 2.75) is 31.3 Å². The van der Waals surface area contributed by atoms with Crippen LogP contribution in [0, 0.1) is 6.67 Å². The number of para-hydroxylation sites is 2. The SMILES string of the molecule is Clc1ccc2cccc3c2c1CC3N1CCC(N2[CH]Nc3ccccc32)CC1. The molecule has 4 heteroatoms. The molecule has 1 radical (unpaired) electrons. The molecule has 1 N–H and O–H groups in total. The third kappa shape index (κ3) is 2.46. The van der Waals surface area contributed by atoms with E-state index in [0.717, 1.165) is 24.5 Å². The van der Waals surface area contributed by atoms with Gasteiger partial charge in [-0.05, 0) is 59.4 Å². The molecule has 0 spiro atoms. The van der Waals surface area contributed by atoms with E-state index in [2.05, 4.69) is 76.4 Å². The number of hydrogen-bond donors (Lipinski definition) is 1. The second kappa shape index (κ2) is 6.40. The normalized spacial score (nSPS) is 21.9. The maximum atomic E-state index is 6.56. The lowest BCUT2D eigenvalue weighted by Crippen LogP contribution is -2.44. The van der Waals surface area contributed by atoms with Crippen LogP contribution in [0.3, 0.4) is 0 Å². The van der Waals surface area contributed by atoms with E-state index >= 15 is 0 Å². The summed E-state index contributed by atoms with van der Waals surface area (Å²) >= 11 is 6.56. The Labute approximate surface area is 170 Å². The third-order valence-corrected chi connectivity index (χ3v) is 7.11. The zero-order chi connectivity index (χ0) is 18.7. The summed E-state index contributed by atoms with van der Waals surface area (Å²) in [5, 5.41) is 7.06. The van der Waals surface area contributed by atoms with Gasteiger partial charge >= 0.3 is 0 Å². The Morgan fingerprint density at radius 3 is 2.68 bits per heavy atom. The van der Waals surface area contributed by atoms with Gasteiger partial charge < -0.3 is 10.2 Å². The van der Waals surface area contributed by atoms with Gasteiger partial charge in [0.05, 0.1) is 11.4 Å². The van der Waals surface area contributed by atoms with Crippen molar-refractivity contribution in [2.75, 3.05) is 23.3 Å². The van der Waals surface area contributed by atoms with Gasteiger partial charge in [-0.1, -0.05) is 48.0 Å². The molecular weight excluding hydrogens is 366 g/mol. The number of nitrogens with zero attached hydrogens (tertiary/aromatic N) is 2. The fraction of sp³-hybridized carbons (Fsp3) is 0.292. The molecule has 2 heterocycles. The van der Waals surface area contributed by atoms with E-state index in [9.17, 15) is 0 Å². The first-order valence-corrected chi connectivity index (χ1v) is 10.6. The highest BCUT2D eigenvalue weighted by atomic mass is 35.5. The van der Waals surface area contributed by atoms with Gasteiger partial charge in [-0.15, -0.1) is 0 Å². The molecule has 2 aliphatic heterocycles. The van der Waals surface area contributed by atoms with Crippen molar-refractivity contribution in [3.8, 4) is 0 Å². The van der Waals surface area contributed by atoms with E-state index in [1.807, 2.05) is 0 Å². The van der Waals surface area contributed by atoms with Crippen LogP contribution in [0.4, 0.5) is 11.4 Å². The zero-order valence-corrected chi connectivity index (χ0v) is 16.5. The average molecular weight is 389 g/mol. The first-order valence-electron chi connectivity index (χ1n) is 10.2. The lowest BCUT2D eigenvalue weighted by atomic mass is 9.98. The van der Waals surface area contributed by atoms with Crippen LogP contribution in [0.25, 0.3) is 10.8 Å². The summed E-state index contributed by atoms with van der Waals surface area (Å²) in [7, 11) is 0. The number of fused-ring (bicyclic) bond motifs is 1. The highest BCUT2D eigenvalue weighted by Gasteiger charge is 2.35. The molecule has 0 saturated carbocycles. The quantitative estimate of drug-likeness (QED) is 0.615. The summed E-state index contributed by atoms with van der Waals surface area (Å²) in [6.45, 7) is 4.41. The Morgan fingerprint density at radius 1 is 0.929 bits per heavy atom. The van der Waals surface area contributed by atoms with Gasteiger partial charge in [-0.25, -0.2) is 0 Å². The fourth-order valence-electron chi connectivity index (χ4n) is 5.37. The second-order valence-electron chi connectivity index (χ2n) is 8.16. The summed E-state index contributed by atoms with van der Waals surface area (Å²) in [6.07, 6.45) is 3.41. The predicted octanol–water partition coefficient (Wildman–Crippen LogP) is 5.61. The standard InChI is InChI=1S/C24H23ClN3/c25-20-9-8-16-4-3-5-18-23(14-19(20)24(16)18)27-12-10-17(11-13-27)28-15-26-21-6-1-2-7-22(21)28/h1-9,15,17,23,26H,10-14H2. The van der Waals surface area contributed by atoms with Gasteiger partial charge in [0.25, 0.3) is 0 Å². The highest BCUT2D eigenvalue weighted by Crippen LogP contribution is 2.44. The van der Waals surface area contributed by atoms with Crippen LogP contribution in [-0.2, 0) is 6.42 Å². The Bertz CT molecular complexity index is 1050. The monoisotopic (exact) mass is 388 g/mol. The van der Waals surface area contributed by atoms with Gasteiger partial charge in [0.15, 0.2) is 0 Å². The molecule has 6 rings (SSSR count). The summed E-state index contributed by atoms with van der Waals surface area (Å²) in [4.78, 5) is 5.12. The number of piperidine rings is 1. The van der Waals surface area contributed by atoms with Gasteiger partial charge in [-0.3, -0.25) is 4.90 Å².